The molecule has 4 nitrogen and oxygen atoms in total. The van der Waals surface area contributed by atoms with Crippen LogP contribution in [0.1, 0.15) is 10.4 Å². The average molecular weight is 241 g/mol. The summed E-state index contributed by atoms with van der Waals surface area (Å²) in [5.74, 6) is 0.397. The Labute approximate surface area is 106 Å². The molecule has 1 aromatic heterocycles. The molecule has 1 aromatic carbocycles. The van der Waals surface area contributed by atoms with Gasteiger partial charge in [0.1, 0.15) is 5.82 Å². The number of pyridine rings is 1. The molecule has 2 aromatic rings. The number of nitrogens with zero attached hydrogens (tertiary/aromatic N) is 2. The van der Waals surface area contributed by atoms with Crippen LogP contribution < -0.4 is 10.2 Å². The first-order valence-corrected chi connectivity index (χ1v) is 5.67. The van der Waals surface area contributed by atoms with Crippen LogP contribution in [-0.4, -0.2) is 25.0 Å². The monoisotopic (exact) mass is 241 g/mol. The Hall–Kier alpha value is -2.36. The lowest BCUT2D eigenvalue weighted by Gasteiger charge is -2.16. The van der Waals surface area contributed by atoms with Crippen molar-refractivity contribution in [3.63, 3.8) is 0 Å². The summed E-state index contributed by atoms with van der Waals surface area (Å²) in [5, 5.41) is 2.78. The molecular formula is C14H15N3O. The molecule has 18 heavy (non-hydrogen) atoms. The van der Waals surface area contributed by atoms with E-state index in [1.807, 2.05) is 49.3 Å². The number of hydrogen-bond donors (Lipinski definition) is 1. The maximum absolute atomic E-state index is 12.2. The standard InChI is InChI=1S/C14H15N3O/c1-17(2)12-8-4-3-7-11(12)14(18)16-13-9-5-6-10-15-13/h3-10H,1-2H3,(H,15,16,18). The minimum absolute atomic E-state index is 0.155. The van der Waals surface area contributed by atoms with Crippen LogP contribution in [0.2, 0.25) is 0 Å². The lowest BCUT2D eigenvalue weighted by molar-refractivity contribution is 0.102. The SMILES string of the molecule is CN(C)c1ccccc1C(=O)Nc1ccccn1. The van der Waals surface area contributed by atoms with Gasteiger partial charge in [-0.2, -0.15) is 0 Å². The molecule has 0 aliphatic heterocycles. The van der Waals surface area contributed by atoms with Crippen molar-refractivity contribution in [1.82, 2.24) is 4.98 Å². The number of nitrogens with one attached hydrogen (secondary N) is 1. The molecule has 4 heteroatoms. The fraction of sp³-hybridized carbons (Fsp3) is 0.143. The van der Waals surface area contributed by atoms with Crippen LogP contribution in [-0.2, 0) is 0 Å². The number of carbonyl (C=O) groups excluding carboxylic acids is 1. The molecule has 92 valence electrons. The fourth-order valence-electron chi connectivity index (χ4n) is 1.68. The Bertz CT molecular complexity index is 538. The Morgan fingerprint density at radius 3 is 2.50 bits per heavy atom. The maximum atomic E-state index is 12.2. The number of para-hydroxylation sites is 1. The third-order valence-electron chi connectivity index (χ3n) is 2.54. The number of anilines is 2. The van der Waals surface area contributed by atoms with Crippen LogP contribution in [0.25, 0.3) is 0 Å². The topological polar surface area (TPSA) is 45.2 Å². The van der Waals surface area contributed by atoms with Gasteiger partial charge in [-0.15, -0.1) is 0 Å². The number of hydrogen-bond acceptors (Lipinski definition) is 3. The average Bonchev–Trinajstić information content (AvgIpc) is 2.40. The van der Waals surface area contributed by atoms with Gasteiger partial charge in [0.15, 0.2) is 0 Å². The molecule has 1 N–H and O–H groups in total. The van der Waals surface area contributed by atoms with E-state index >= 15 is 0 Å². The summed E-state index contributed by atoms with van der Waals surface area (Å²) in [6.07, 6.45) is 1.65. The van der Waals surface area contributed by atoms with Crippen LogP contribution in [0, 0.1) is 0 Å². The van der Waals surface area contributed by atoms with E-state index < -0.39 is 0 Å². The number of rotatable bonds is 3. The minimum atomic E-state index is -0.155. The van der Waals surface area contributed by atoms with Crippen molar-refractivity contribution in [2.24, 2.45) is 0 Å². The summed E-state index contributed by atoms with van der Waals surface area (Å²) < 4.78 is 0. The fourth-order valence-corrected chi connectivity index (χ4v) is 1.68. The van der Waals surface area contributed by atoms with Gasteiger partial charge >= 0.3 is 0 Å². The van der Waals surface area contributed by atoms with Crippen LogP contribution >= 0.6 is 0 Å². The molecule has 2 rings (SSSR count). The molecule has 1 heterocycles. The van der Waals surface area contributed by atoms with Crippen molar-refractivity contribution in [2.45, 2.75) is 0 Å². The highest BCUT2D eigenvalue weighted by molar-refractivity contribution is 6.07. The third-order valence-corrected chi connectivity index (χ3v) is 2.54. The van der Waals surface area contributed by atoms with Crippen LogP contribution in [0.5, 0.6) is 0 Å². The van der Waals surface area contributed by atoms with Crippen molar-refractivity contribution < 1.29 is 4.79 Å². The van der Waals surface area contributed by atoms with Gasteiger partial charge in [-0.25, -0.2) is 4.98 Å². The zero-order chi connectivity index (χ0) is 13.0. The van der Waals surface area contributed by atoms with Crippen LogP contribution in [0.3, 0.4) is 0 Å². The van der Waals surface area contributed by atoms with Crippen LogP contribution in [0.15, 0.2) is 48.7 Å². The number of amides is 1. The summed E-state index contributed by atoms with van der Waals surface area (Å²) in [4.78, 5) is 18.1. The molecular weight excluding hydrogens is 226 g/mol. The molecule has 0 aliphatic carbocycles. The smallest absolute Gasteiger partial charge is 0.258 e. The second-order valence-electron chi connectivity index (χ2n) is 4.08. The first kappa shape index (κ1) is 12.1. The van der Waals surface area contributed by atoms with Gasteiger partial charge in [-0.1, -0.05) is 18.2 Å². The van der Waals surface area contributed by atoms with Gasteiger partial charge in [0, 0.05) is 26.0 Å². The summed E-state index contributed by atoms with van der Waals surface area (Å²) in [5.41, 5.74) is 1.51. The normalized spacial score (nSPS) is 9.89. The largest absolute Gasteiger partial charge is 0.377 e. The summed E-state index contributed by atoms with van der Waals surface area (Å²) in [6.45, 7) is 0. The molecule has 0 aliphatic rings. The van der Waals surface area contributed by atoms with Crippen molar-refractivity contribution in [2.75, 3.05) is 24.3 Å². The van der Waals surface area contributed by atoms with Crippen molar-refractivity contribution >= 4 is 17.4 Å². The van der Waals surface area contributed by atoms with Gasteiger partial charge in [0.25, 0.3) is 5.91 Å². The molecule has 0 radical (unpaired) electrons. The summed E-state index contributed by atoms with van der Waals surface area (Å²) in [7, 11) is 3.82. The Balaban J connectivity index is 2.24. The van der Waals surface area contributed by atoms with E-state index in [9.17, 15) is 4.79 Å². The van der Waals surface area contributed by atoms with Crippen LogP contribution in [0.4, 0.5) is 11.5 Å². The highest BCUT2D eigenvalue weighted by Crippen LogP contribution is 2.18. The molecule has 0 saturated heterocycles. The van der Waals surface area contributed by atoms with E-state index in [2.05, 4.69) is 10.3 Å². The quantitative estimate of drug-likeness (QED) is 0.897. The summed E-state index contributed by atoms with van der Waals surface area (Å²) >= 11 is 0. The molecule has 0 unspecified atom stereocenters. The van der Waals surface area contributed by atoms with Crippen molar-refractivity contribution in [3.8, 4) is 0 Å². The zero-order valence-electron chi connectivity index (χ0n) is 10.4. The first-order valence-electron chi connectivity index (χ1n) is 5.67. The maximum Gasteiger partial charge on any atom is 0.258 e. The number of benzene rings is 1. The van der Waals surface area contributed by atoms with Gasteiger partial charge in [-0.3, -0.25) is 4.79 Å². The van der Waals surface area contributed by atoms with E-state index in [4.69, 9.17) is 0 Å². The Morgan fingerprint density at radius 2 is 1.83 bits per heavy atom. The third kappa shape index (κ3) is 2.66. The molecule has 0 atom stereocenters. The van der Waals surface area contributed by atoms with Crippen molar-refractivity contribution in [3.05, 3.63) is 54.2 Å². The number of carbonyl (C=O) groups is 1. The minimum Gasteiger partial charge on any atom is -0.377 e. The second-order valence-corrected chi connectivity index (χ2v) is 4.08. The lowest BCUT2D eigenvalue weighted by Crippen LogP contribution is -2.18. The Morgan fingerprint density at radius 1 is 1.11 bits per heavy atom. The molecule has 0 bridgehead atoms. The lowest BCUT2D eigenvalue weighted by atomic mass is 10.1. The van der Waals surface area contributed by atoms with E-state index in [1.165, 1.54) is 0 Å². The molecule has 0 saturated carbocycles. The van der Waals surface area contributed by atoms with E-state index in [0.717, 1.165) is 5.69 Å². The van der Waals surface area contributed by atoms with E-state index in [0.29, 0.717) is 11.4 Å². The van der Waals surface area contributed by atoms with Crippen molar-refractivity contribution in [1.29, 1.82) is 0 Å². The van der Waals surface area contributed by atoms with Gasteiger partial charge in [0.2, 0.25) is 0 Å². The zero-order valence-corrected chi connectivity index (χ0v) is 10.4. The van der Waals surface area contributed by atoms with Gasteiger partial charge in [-0.05, 0) is 24.3 Å². The predicted molar refractivity (Wildman–Crippen MR) is 73.0 cm³/mol. The second kappa shape index (κ2) is 5.31. The van der Waals surface area contributed by atoms with E-state index in [-0.39, 0.29) is 5.91 Å². The number of aromatic nitrogens is 1. The molecule has 1 amide bonds. The summed E-state index contributed by atoms with van der Waals surface area (Å²) in [6, 6.07) is 12.9. The van der Waals surface area contributed by atoms with Gasteiger partial charge in [0.05, 0.1) is 5.56 Å². The predicted octanol–water partition coefficient (Wildman–Crippen LogP) is 2.40. The molecule has 0 spiro atoms. The highest BCUT2D eigenvalue weighted by Gasteiger charge is 2.12. The Kier molecular flexibility index (Phi) is 3.57. The van der Waals surface area contributed by atoms with Gasteiger partial charge < -0.3 is 10.2 Å². The first-order chi connectivity index (χ1) is 8.68. The highest BCUT2D eigenvalue weighted by atomic mass is 16.1. The molecule has 0 fully saturated rings. The van der Waals surface area contributed by atoms with E-state index in [1.54, 1.807) is 18.3 Å².